The molecule has 1 saturated carbocycles. The Morgan fingerprint density at radius 1 is 1.19 bits per heavy atom. The molecule has 0 bridgehead atoms. The van der Waals surface area contributed by atoms with Gasteiger partial charge in [0.1, 0.15) is 5.60 Å². The number of hydrogen-bond acceptors (Lipinski definition) is 2. The maximum atomic E-state index is 12.6. The molecule has 1 aliphatic carbocycles. The van der Waals surface area contributed by atoms with Crippen LogP contribution in [0.1, 0.15) is 52.9 Å². The molecule has 21 heavy (non-hydrogen) atoms. The third-order valence-corrected chi connectivity index (χ3v) is 4.29. The van der Waals surface area contributed by atoms with E-state index in [1.54, 1.807) is 13.8 Å². The first-order valence-corrected chi connectivity index (χ1v) is 7.49. The van der Waals surface area contributed by atoms with Crippen LogP contribution in [0.5, 0.6) is 0 Å². The normalized spacial score (nSPS) is 23.9. The van der Waals surface area contributed by atoms with Crippen molar-refractivity contribution in [2.24, 2.45) is 11.8 Å². The van der Waals surface area contributed by atoms with E-state index in [1.807, 2.05) is 6.92 Å². The van der Waals surface area contributed by atoms with Crippen LogP contribution in [-0.4, -0.2) is 24.2 Å². The molecule has 1 aliphatic rings. The number of hydrogen-bond donors (Lipinski definition) is 0. The largest absolute Gasteiger partial charge is 0.391 e. The predicted octanol–water partition coefficient (Wildman–Crippen LogP) is 4.69. The van der Waals surface area contributed by atoms with Crippen LogP contribution >= 0.6 is 0 Å². The Morgan fingerprint density at radius 2 is 1.71 bits per heavy atom. The van der Waals surface area contributed by atoms with Crippen LogP contribution in [0.4, 0.5) is 13.2 Å². The van der Waals surface area contributed by atoms with Crippen LogP contribution in [0, 0.1) is 11.8 Å². The lowest BCUT2D eigenvalue weighted by atomic mass is 9.76. The zero-order chi connectivity index (χ0) is 16.3. The number of halogens is 3. The maximum absolute atomic E-state index is 12.6. The van der Waals surface area contributed by atoms with Crippen molar-refractivity contribution < 1.29 is 22.7 Å². The van der Waals surface area contributed by atoms with Crippen LogP contribution in [0.25, 0.3) is 0 Å². The van der Waals surface area contributed by atoms with E-state index in [9.17, 15) is 18.0 Å². The van der Waals surface area contributed by atoms with Crippen LogP contribution < -0.4 is 0 Å². The summed E-state index contributed by atoms with van der Waals surface area (Å²) >= 11 is 0. The fourth-order valence-corrected chi connectivity index (χ4v) is 2.63. The Morgan fingerprint density at radius 3 is 2.14 bits per heavy atom. The van der Waals surface area contributed by atoms with Gasteiger partial charge in [-0.1, -0.05) is 19.1 Å². The molecule has 122 valence electrons. The molecule has 0 atom stereocenters. The summed E-state index contributed by atoms with van der Waals surface area (Å²) < 4.78 is 43.5. The van der Waals surface area contributed by atoms with Gasteiger partial charge in [0.2, 0.25) is 0 Å². The van der Waals surface area contributed by atoms with Gasteiger partial charge in [-0.3, -0.25) is 4.79 Å². The average molecular weight is 306 g/mol. The van der Waals surface area contributed by atoms with Crippen molar-refractivity contribution in [2.75, 3.05) is 6.61 Å². The molecule has 0 heterocycles. The molecule has 0 radical (unpaired) electrons. The monoisotopic (exact) mass is 306 g/mol. The topological polar surface area (TPSA) is 26.3 Å². The van der Waals surface area contributed by atoms with Crippen LogP contribution in [0.2, 0.25) is 0 Å². The molecule has 1 rings (SSSR count). The molecular formula is C16H25F3O2. The highest BCUT2D eigenvalue weighted by atomic mass is 19.4. The number of rotatable bonds is 6. The number of Topliss-reactive ketones (excluding diaryl/α,β-unsaturated/α-hetero) is 1. The van der Waals surface area contributed by atoms with Gasteiger partial charge in [0.25, 0.3) is 0 Å². The van der Waals surface area contributed by atoms with E-state index in [0.29, 0.717) is 19.4 Å². The molecule has 1 fully saturated rings. The highest BCUT2D eigenvalue weighted by Crippen LogP contribution is 2.40. The first-order chi connectivity index (χ1) is 9.58. The van der Waals surface area contributed by atoms with Gasteiger partial charge >= 0.3 is 6.18 Å². The van der Waals surface area contributed by atoms with E-state index in [-0.39, 0.29) is 24.5 Å². The smallest absolute Gasteiger partial charge is 0.363 e. The number of ether oxygens (including phenoxy) is 1. The summed E-state index contributed by atoms with van der Waals surface area (Å²) in [7, 11) is 0. The molecule has 0 aromatic heterocycles. The second-order valence-electron chi connectivity index (χ2n) is 6.36. The fourth-order valence-electron chi connectivity index (χ4n) is 2.63. The fraction of sp³-hybridized carbons (Fsp3) is 0.812. The van der Waals surface area contributed by atoms with Crippen LogP contribution in [-0.2, 0) is 9.53 Å². The minimum atomic E-state index is -4.14. The average Bonchev–Trinajstić information content (AvgIpc) is 2.43. The minimum Gasteiger partial charge on any atom is -0.363 e. The second-order valence-corrected chi connectivity index (χ2v) is 6.36. The van der Waals surface area contributed by atoms with Crippen LogP contribution in [0.15, 0.2) is 12.2 Å². The lowest BCUT2D eigenvalue weighted by molar-refractivity contribution is -0.185. The van der Waals surface area contributed by atoms with Gasteiger partial charge in [-0.2, -0.15) is 13.2 Å². The Labute approximate surface area is 124 Å². The Bertz CT molecular complexity index is 377. The molecule has 0 aromatic rings. The van der Waals surface area contributed by atoms with E-state index < -0.39 is 17.7 Å². The number of carbonyl (C=O) groups is 1. The van der Waals surface area contributed by atoms with Crippen molar-refractivity contribution in [2.45, 2.75) is 64.7 Å². The first-order valence-electron chi connectivity index (χ1n) is 7.49. The summed E-state index contributed by atoms with van der Waals surface area (Å²) in [5.41, 5.74) is -0.0648. The van der Waals surface area contributed by atoms with Gasteiger partial charge in [0.15, 0.2) is 5.78 Å². The molecule has 0 spiro atoms. The Hall–Kier alpha value is -0.840. The lowest BCUT2D eigenvalue weighted by Gasteiger charge is -2.33. The van der Waals surface area contributed by atoms with E-state index in [2.05, 4.69) is 6.58 Å². The summed E-state index contributed by atoms with van der Waals surface area (Å²) in [5.74, 6) is -1.68. The molecular weight excluding hydrogens is 281 g/mol. The van der Waals surface area contributed by atoms with E-state index in [4.69, 9.17) is 4.74 Å². The second kappa shape index (κ2) is 6.95. The molecule has 2 nitrogen and oxygen atoms in total. The van der Waals surface area contributed by atoms with Crippen LogP contribution in [0.3, 0.4) is 0 Å². The zero-order valence-corrected chi connectivity index (χ0v) is 13.1. The molecule has 0 aromatic carbocycles. The summed E-state index contributed by atoms with van der Waals surface area (Å²) in [6.07, 6.45) is -2.69. The van der Waals surface area contributed by atoms with Crippen molar-refractivity contribution in [3.05, 3.63) is 12.2 Å². The van der Waals surface area contributed by atoms with Crippen molar-refractivity contribution >= 4 is 5.78 Å². The Balaban J connectivity index is 2.54. The van der Waals surface area contributed by atoms with E-state index in [0.717, 1.165) is 12.0 Å². The van der Waals surface area contributed by atoms with Gasteiger partial charge in [-0.15, -0.1) is 0 Å². The van der Waals surface area contributed by atoms with Crippen molar-refractivity contribution in [1.29, 1.82) is 0 Å². The standard InChI is InChI=1S/C16H25F3O2/c1-5-11(2)10-21-15(3,4)14(20)12-6-8-13(9-7-12)16(17,18)19/h12-13H,2,5-10H2,1,3-4H3. The van der Waals surface area contributed by atoms with Gasteiger partial charge in [-0.25, -0.2) is 0 Å². The predicted molar refractivity (Wildman–Crippen MR) is 76.0 cm³/mol. The number of alkyl halides is 3. The third-order valence-electron chi connectivity index (χ3n) is 4.29. The lowest BCUT2D eigenvalue weighted by Crippen LogP contribution is -2.42. The number of carbonyl (C=O) groups excluding carboxylic acids is 1. The van der Waals surface area contributed by atoms with E-state index >= 15 is 0 Å². The molecule has 5 heteroatoms. The molecule has 0 aliphatic heterocycles. The summed E-state index contributed by atoms with van der Waals surface area (Å²) in [6.45, 7) is 9.47. The molecule has 0 unspecified atom stereocenters. The minimum absolute atomic E-state index is 0.0393. The number of ketones is 1. The zero-order valence-electron chi connectivity index (χ0n) is 13.1. The summed E-state index contributed by atoms with van der Waals surface area (Å²) in [6, 6.07) is 0. The van der Waals surface area contributed by atoms with Gasteiger partial charge in [0.05, 0.1) is 12.5 Å². The quantitative estimate of drug-likeness (QED) is 0.666. The SMILES string of the molecule is C=C(CC)COC(C)(C)C(=O)C1CCC(C(F)(F)F)CC1. The summed E-state index contributed by atoms with van der Waals surface area (Å²) in [5, 5.41) is 0. The molecule has 0 saturated heterocycles. The van der Waals surface area contributed by atoms with E-state index in [1.165, 1.54) is 0 Å². The maximum Gasteiger partial charge on any atom is 0.391 e. The molecule has 0 amide bonds. The van der Waals surface area contributed by atoms with Crippen molar-refractivity contribution in [3.63, 3.8) is 0 Å². The Kier molecular flexibility index (Phi) is 6.02. The highest BCUT2D eigenvalue weighted by molar-refractivity contribution is 5.88. The summed E-state index contributed by atoms with van der Waals surface area (Å²) in [4.78, 5) is 12.4. The third kappa shape index (κ3) is 5.13. The van der Waals surface area contributed by atoms with Crippen molar-refractivity contribution in [1.82, 2.24) is 0 Å². The highest BCUT2D eigenvalue weighted by Gasteiger charge is 2.44. The van der Waals surface area contributed by atoms with Gasteiger partial charge < -0.3 is 4.74 Å². The first kappa shape index (κ1) is 18.2. The van der Waals surface area contributed by atoms with Gasteiger partial charge in [0, 0.05) is 5.92 Å². The van der Waals surface area contributed by atoms with Crippen molar-refractivity contribution in [3.8, 4) is 0 Å². The molecule has 0 N–H and O–H groups in total. The van der Waals surface area contributed by atoms with Gasteiger partial charge in [-0.05, 0) is 46.0 Å².